The van der Waals surface area contributed by atoms with Gasteiger partial charge in [0.15, 0.2) is 0 Å². The topological polar surface area (TPSA) is 72.4 Å². The summed E-state index contributed by atoms with van der Waals surface area (Å²) in [5.74, 6) is 0.185. The van der Waals surface area contributed by atoms with Gasteiger partial charge in [0.2, 0.25) is 0 Å². The fourth-order valence-corrected chi connectivity index (χ4v) is 3.34. The normalized spacial score (nSPS) is 15.0. The van der Waals surface area contributed by atoms with Crippen LogP contribution in [0.4, 0.5) is 5.69 Å². The fourth-order valence-electron chi connectivity index (χ4n) is 3.34. The van der Waals surface area contributed by atoms with Gasteiger partial charge in [-0.15, -0.1) is 0 Å². The van der Waals surface area contributed by atoms with Crippen molar-refractivity contribution in [2.45, 2.75) is 25.8 Å². The lowest BCUT2D eigenvalue weighted by atomic mass is 10.1. The van der Waals surface area contributed by atoms with E-state index in [2.05, 4.69) is 36.1 Å². The van der Waals surface area contributed by atoms with Crippen molar-refractivity contribution in [2.24, 2.45) is 11.7 Å². The van der Waals surface area contributed by atoms with Crippen LogP contribution in [0.2, 0.25) is 0 Å². The number of primary amides is 1. The van der Waals surface area contributed by atoms with Crippen LogP contribution in [0, 0.1) is 5.92 Å². The Morgan fingerprint density at radius 1 is 1.38 bits per heavy atom. The molecule has 26 heavy (non-hydrogen) atoms. The average molecular weight is 346 g/mol. The zero-order valence-corrected chi connectivity index (χ0v) is 14.8. The van der Waals surface area contributed by atoms with E-state index in [0.29, 0.717) is 17.5 Å². The van der Waals surface area contributed by atoms with E-state index in [0.717, 1.165) is 27.9 Å². The molecule has 0 spiro atoms. The largest absolute Gasteiger partial charge is 0.380 e. The van der Waals surface area contributed by atoms with E-state index < -0.39 is 5.91 Å². The SMILES string of the molecule is C=Cc1cccc(-c2cc3c(N[C@H](C)C4CC4)c(C(N)=O)cnn3c2)c1. The van der Waals surface area contributed by atoms with E-state index in [4.69, 9.17) is 5.73 Å². The van der Waals surface area contributed by atoms with Gasteiger partial charge in [0.05, 0.1) is 23.0 Å². The van der Waals surface area contributed by atoms with Gasteiger partial charge in [0.1, 0.15) is 0 Å². The maximum Gasteiger partial charge on any atom is 0.252 e. The second-order valence-electron chi connectivity index (χ2n) is 6.96. The van der Waals surface area contributed by atoms with E-state index in [1.807, 2.05) is 30.5 Å². The number of nitrogens with zero attached hydrogens (tertiary/aromatic N) is 2. The van der Waals surface area contributed by atoms with Crippen LogP contribution in [0.1, 0.15) is 35.7 Å². The third-order valence-electron chi connectivity index (χ3n) is 5.06. The molecule has 5 heteroatoms. The molecule has 4 rings (SSSR count). The number of nitrogens with two attached hydrogens (primary N) is 1. The molecule has 1 saturated carbocycles. The number of nitrogens with one attached hydrogen (secondary N) is 1. The number of carbonyl (C=O) groups excluding carboxylic acids is 1. The number of aromatic nitrogens is 2. The van der Waals surface area contributed by atoms with Gasteiger partial charge in [0, 0.05) is 17.8 Å². The molecular formula is C21H22N4O. The molecule has 0 saturated heterocycles. The van der Waals surface area contributed by atoms with Gasteiger partial charge >= 0.3 is 0 Å². The summed E-state index contributed by atoms with van der Waals surface area (Å²) < 4.78 is 1.80. The van der Waals surface area contributed by atoms with Crippen molar-refractivity contribution < 1.29 is 4.79 Å². The number of anilines is 1. The smallest absolute Gasteiger partial charge is 0.252 e. The minimum absolute atomic E-state index is 0.293. The van der Waals surface area contributed by atoms with Gasteiger partial charge in [-0.25, -0.2) is 4.52 Å². The molecule has 0 aliphatic heterocycles. The van der Waals surface area contributed by atoms with Crippen molar-refractivity contribution in [1.29, 1.82) is 0 Å². The summed E-state index contributed by atoms with van der Waals surface area (Å²) in [7, 11) is 0. The Hall–Kier alpha value is -3.08. The lowest BCUT2D eigenvalue weighted by molar-refractivity contribution is 0.100. The zero-order valence-electron chi connectivity index (χ0n) is 14.8. The highest BCUT2D eigenvalue weighted by molar-refractivity contribution is 6.02. The maximum absolute atomic E-state index is 11.9. The highest BCUT2D eigenvalue weighted by Gasteiger charge is 2.29. The predicted octanol–water partition coefficient (Wildman–Crippen LogP) is 3.95. The van der Waals surface area contributed by atoms with Gasteiger partial charge in [-0.05, 0) is 48.9 Å². The zero-order chi connectivity index (χ0) is 18.3. The third kappa shape index (κ3) is 2.96. The molecule has 1 aliphatic carbocycles. The summed E-state index contributed by atoms with van der Waals surface area (Å²) in [5.41, 5.74) is 10.8. The quantitative estimate of drug-likeness (QED) is 0.710. The minimum atomic E-state index is -0.470. The lowest BCUT2D eigenvalue weighted by Crippen LogP contribution is -2.22. The van der Waals surface area contributed by atoms with Crippen LogP contribution >= 0.6 is 0 Å². The Kier molecular flexibility index (Phi) is 3.99. The van der Waals surface area contributed by atoms with Crippen LogP contribution in [0.5, 0.6) is 0 Å². The van der Waals surface area contributed by atoms with Crippen molar-refractivity contribution in [3.63, 3.8) is 0 Å². The standard InChI is InChI=1S/C21H22N4O/c1-3-14-5-4-6-16(9-14)17-10-19-20(24-13(2)15-7-8-15)18(21(22)26)11-23-25(19)12-17/h3-6,9-13,15,24H,1,7-8H2,2H3,(H2,22,26)/t13-/m1/s1. The number of rotatable bonds is 6. The Morgan fingerprint density at radius 2 is 2.19 bits per heavy atom. The Balaban J connectivity index is 1.83. The van der Waals surface area contributed by atoms with E-state index in [1.54, 1.807) is 10.7 Å². The van der Waals surface area contributed by atoms with Crippen LogP contribution in [-0.2, 0) is 0 Å². The van der Waals surface area contributed by atoms with Gasteiger partial charge in [0.25, 0.3) is 5.91 Å². The fraction of sp³-hybridized carbons (Fsp3) is 0.238. The Bertz CT molecular complexity index is 1000. The molecule has 3 aromatic rings. The number of fused-ring (bicyclic) bond motifs is 1. The summed E-state index contributed by atoms with van der Waals surface area (Å²) in [6.07, 6.45) is 7.79. The van der Waals surface area contributed by atoms with Crippen LogP contribution in [0.3, 0.4) is 0 Å². The van der Waals surface area contributed by atoms with E-state index in [1.165, 1.54) is 12.8 Å². The average Bonchev–Trinajstić information content (AvgIpc) is 3.40. The number of amides is 1. The molecule has 132 valence electrons. The molecule has 0 unspecified atom stereocenters. The van der Waals surface area contributed by atoms with Crippen LogP contribution in [0.15, 0.2) is 49.3 Å². The van der Waals surface area contributed by atoms with Crippen LogP contribution in [-0.4, -0.2) is 21.6 Å². The molecule has 5 nitrogen and oxygen atoms in total. The maximum atomic E-state index is 11.9. The molecule has 3 N–H and O–H groups in total. The molecule has 1 aliphatic rings. The Morgan fingerprint density at radius 3 is 2.88 bits per heavy atom. The van der Waals surface area contributed by atoms with E-state index in [-0.39, 0.29) is 0 Å². The number of benzene rings is 1. The second-order valence-corrected chi connectivity index (χ2v) is 6.96. The van der Waals surface area contributed by atoms with E-state index in [9.17, 15) is 4.79 Å². The van der Waals surface area contributed by atoms with Crippen LogP contribution < -0.4 is 11.1 Å². The number of carbonyl (C=O) groups is 1. The Labute approximate surface area is 152 Å². The predicted molar refractivity (Wildman–Crippen MR) is 105 cm³/mol. The second kappa shape index (κ2) is 6.33. The molecule has 1 fully saturated rings. The monoisotopic (exact) mass is 346 g/mol. The molecule has 1 aromatic carbocycles. The highest BCUT2D eigenvalue weighted by atomic mass is 16.1. The van der Waals surface area contributed by atoms with Gasteiger partial charge < -0.3 is 11.1 Å². The lowest BCUT2D eigenvalue weighted by Gasteiger charge is -2.17. The first-order chi connectivity index (χ1) is 12.6. The molecule has 2 heterocycles. The van der Waals surface area contributed by atoms with Crippen molar-refractivity contribution >= 4 is 23.2 Å². The van der Waals surface area contributed by atoms with Crippen molar-refractivity contribution in [1.82, 2.24) is 9.61 Å². The van der Waals surface area contributed by atoms with Crippen molar-refractivity contribution in [3.05, 3.63) is 60.4 Å². The summed E-state index contributed by atoms with van der Waals surface area (Å²) in [6.45, 7) is 5.98. The first-order valence-corrected chi connectivity index (χ1v) is 8.87. The molecule has 1 amide bonds. The minimum Gasteiger partial charge on any atom is -0.380 e. The first-order valence-electron chi connectivity index (χ1n) is 8.87. The summed E-state index contributed by atoms with van der Waals surface area (Å²) in [4.78, 5) is 11.9. The summed E-state index contributed by atoms with van der Waals surface area (Å²) in [6, 6.07) is 10.5. The molecule has 0 bridgehead atoms. The summed E-state index contributed by atoms with van der Waals surface area (Å²) in [5, 5.41) is 7.88. The highest BCUT2D eigenvalue weighted by Crippen LogP contribution is 2.36. The van der Waals surface area contributed by atoms with Gasteiger partial charge in [-0.2, -0.15) is 5.10 Å². The molecule has 1 atom stereocenters. The summed E-state index contributed by atoms with van der Waals surface area (Å²) >= 11 is 0. The number of hydrogen-bond acceptors (Lipinski definition) is 3. The first kappa shape index (κ1) is 16.4. The third-order valence-corrected chi connectivity index (χ3v) is 5.06. The van der Waals surface area contributed by atoms with Crippen LogP contribution in [0.25, 0.3) is 22.7 Å². The van der Waals surface area contributed by atoms with Crippen molar-refractivity contribution in [3.8, 4) is 11.1 Å². The van der Waals surface area contributed by atoms with Gasteiger partial charge in [-0.3, -0.25) is 4.79 Å². The number of hydrogen-bond donors (Lipinski definition) is 2. The molecular weight excluding hydrogens is 324 g/mol. The van der Waals surface area contributed by atoms with Gasteiger partial charge in [-0.1, -0.05) is 30.9 Å². The van der Waals surface area contributed by atoms with Crippen molar-refractivity contribution in [2.75, 3.05) is 5.32 Å². The molecule has 2 aromatic heterocycles. The van der Waals surface area contributed by atoms with E-state index >= 15 is 0 Å². The molecule has 0 radical (unpaired) electrons.